The molecule has 0 fully saturated rings. The summed E-state index contributed by atoms with van der Waals surface area (Å²) in [5.74, 6) is 0. The third-order valence-electron chi connectivity index (χ3n) is 1.11. The maximum atomic E-state index is 4.25. The molecule has 0 aliphatic heterocycles. The summed E-state index contributed by atoms with van der Waals surface area (Å²) < 4.78 is 0. The van der Waals surface area contributed by atoms with Crippen molar-refractivity contribution in [3.63, 3.8) is 0 Å². The van der Waals surface area contributed by atoms with Crippen molar-refractivity contribution in [3.05, 3.63) is 73.8 Å². The molecule has 0 nitrogen and oxygen atoms in total. The SMILES string of the molecule is [CH-]=C.[Cl-].[Cl-].[Zr+2].c1cc[cH-]c1.c1cc[cH-]c1. The first-order valence-corrected chi connectivity index (χ1v) is 3.74. The van der Waals surface area contributed by atoms with Crippen LogP contribution < -0.4 is 24.8 Å². The number of rotatable bonds is 0. The molecule has 15 heavy (non-hydrogen) atoms. The Labute approximate surface area is 124 Å². The zero-order chi connectivity index (χ0) is 9.07. The first-order chi connectivity index (χ1) is 6.00. The molecule has 82 valence electrons. The molecule has 0 radical (unpaired) electrons. The van der Waals surface area contributed by atoms with Gasteiger partial charge in [0.1, 0.15) is 0 Å². The van der Waals surface area contributed by atoms with E-state index in [4.69, 9.17) is 0 Å². The summed E-state index contributed by atoms with van der Waals surface area (Å²) in [7, 11) is 0. The molecule has 0 saturated heterocycles. The van der Waals surface area contributed by atoms with Gasteiger partial charge in [0.2, 0.25) is 0 Å². The summed E-state index contributed by atoms with van der Waals surface area (Å²) in [5.41, 5.74) is 0. The van der Waals surface area contributed by atoms with Crippen LogP contribution >= 0.6 is 0 Å². The molecule has 0 atom stereocenters. The molecule has 2 aromatic carbocycles. The van der Waals surface area contributed by atoms with Gasteiger partial charge in [-0.1, -0.05) is 0 Å². The third-order valence-corrected chi connectivity index (χ3v) is 1.11. The Bertz CT molecular complexity index is 165. The van der Waals surface area contributed by atoms with Gasteiger partial charge >= 0.3 is 26.2 Å². The van der Waals surface area contributed by atoms with E-state index in [1.165, 1.54) is 0 Å². The van der Waals surface area contributed by atoms with Gasteiger partial charge in [-0.05, 0) is 0 Å². The van der Waals surface area contributed by atoms with E-state index in [2.05, 4.69) is 13.2 Å². The Hall–Kier alpha value is -0.0969. The Balaban J connectivity index is -0.0000000592. The molecule has 0 heterocycles. The molecule has 0 spiro atoms. The smallest absolute Gasteiger partial charge is 1.00 e. The Morgan fingerprint density at radius 2 is 0.867 bits per heavy atom. The second-order valence-corrected chi connectivity index (χ2v) is 1.92. The molecule has 0 aliphatic carbocycles. The van der Waals surface area contributed by atoms with E-state index in [1.54, 1.807) is 0 Å². The predicted octanol–water partition coefficient (Wildman–Crippen LogP) is -2.58. The predicted molar refractivity (Wildman–Crippen MR) is 54.0 cm³/mol. The minimum absolute atomic E-state index is 0. The molecular formula is C12H13Cl2Zr-3. The Kier molecular flexibility index (Phi) is 38.1. The fraction of sp³-hybridized carbons (Fsp3) is 0. The van der Waals surface area contributed by atoms with Crippen molar-refractivity contribution >= 4 is 0 Å². The molecule has 0 aliphatic rings. The number of hydrogen-bond donors (Lipinski definition) is 0. The van der Waals surface area contributed by atoms with Crippen molar-refractivity contribution in [2.75, 3.05) is 0 Å². The van der Waals surface area contributed by atoms with Gasteiger partial charge in [-0.3, -0.25) is 6.58 Å². The molecule has 0 amide bonds. The van der Waals surface area contributed by atoms with Crippen molar-refractivity contribution in [2.45, 2.75) is 0 Å². The van der Waals surface area contributed by atoms with Crippen molar-refractivity contribution in [1.82, 2.24) is 0 Å². The van der Waals surface area contributed by atoms with Crippen LogP contribution in [0, 0.1) is 6.58 Å². The van der Waals surface area contributed by atoms with E-state index >= 15 is 0 Å². The number of halogens is 2. The fourth-order valence-electron chi connectivity index (χ4n) is 0.642. The number of hydrogen-bond acceptors (Lipinski definition) is 0. The summed E-state index contributed by atoms with van der Waals surface area (Å²) in [6.07, 6.45) is 0. The summed E-state index contributed by atoms with van der Waals surface area (Å²) in [6, 6.07) is 20.0. The maximum Gasteiger partial charge on any atom is 2.00 e. The summed E-state index contributed by atoms with van der Waals surface area (Å²) in [5, 5.41) is 0. The zero-order valence-electron chi connectivity index (χ0n) is 8.31. The molecule has 0 aromatic heterocycles. The van der Waals surface area contributed by atoms with E-state index < -0.39 is 0 Å². The van der Waals surface area contributed by atoms with Gasteiger partial charge in [0, 0.05) is 0 Å². The molecular weight excluding hydrogens is 306 g/mol. The van der Waals surface area contributed by atoms with Crippen molar-refractivity contribution < 1.29 is 51.0 Å². The van der Waals surface area contributed by atoms with E-state index in [1.807, 2.05) is 60.7 Å². The summed E-state index contributed by atoms with van der Waals surface area (Å²) >= 11 is 0. The van der Waals surface area contributed by atoms with E-state index in [-0.39, 0.29) is 51.0 Å². The Morgan fingerprint density at radius 3 is 0.933 bits per heavy atom. The summed E-state index contributed by atoms with van der Waals surface area (Å²) in [4.78, 5) is 0. The molecule has 0 saturated carbocycles. The van der Waals surface area contributed by atoms with Crippen LogP contribution in [0.1, 0.15) is 0 Å². The second kappa shape index (κ2) is 23.6. The fourth-order valence-corrected chi connectivity index (χ4v) is 0.642. The molecule has 0 N–H and O–H groups in total. The van der Waals surface area contributed by atoms with Crippen molar-refractivity contribution in [1.29, 1.82) is 0 Å². The van der Waals surface area contributed by atoms with Gasteiger partial charge in [-0.25, -0.2) is 24.3 Å². The van der Waals surface area contributed by atoms with Gasteiger partial charge in [0.15, 0.2) is 0 Å². The first kappa shape index (κ1) is 24.2. The second-order valence-electron chi connectivity index (χ2n) is 1.92. The van der Waals surface area contributed by atoms with Crippen LogP contribution in [-0.4, -0.2) is 0 Å². The average Bonchev–Trinajstić information content (AvgIpc) is 2.87. The normalized spacial score (nSPS) is 5.60. The minimum atomic E-state index is 0. The largest absolute Gasteiger partial charge is 2.00 e. The van der Waals surface area contributed by atoms with Gasteiger partial charge in [0.25, 0.3) is 0 Å². The zero-order valence-corrected chi connectivity index (χ0v) is 12.3. The van der Waals surface area contributed by atoms with Gasteiger partial charge in [0.05, 0.1) is 0 Å². The first-order valence-electron chi connectivity index (χ1n) is 3.74. The molecule has 0 bridgehead atoms. The topological polar surface area (TPSA) is 0 Å². The van der Waals surface area contributed by atoms with Gasteiger partial charge in [-0.2, -0.15) is 36.4 Å². The third kappa shape index (κ3) is 20.1. The standard InChI is InChI=1S/2C5H5.C2H3.2ClH.Zr/c2*1-2-4-5-3-1;1-2;;;/h2*1-5H;1H,2H2;2*1H;/q3*-1;;;+2/p-2. The van der Waals surface area contributed by atoms with Crippen LogP contribution in [-0.2, 0) is 26.2 Å². The van der Waals surface area contributed by atoms with Crippen LogP contribution in [0.25, 0.3) is 0 Å². The molecule has 0 unspecified atom stereocenters. The maximum absolute atomic E-state index is 4.25. The van der Waals surface area contributed by atoms with Crippen LogP contribution in [0.4, 0.5) is 0 Å². The minimum Gasteiger partial charge on any atom is -1.00 e. The van der Waals surface area contributed by atoms with Gasteiger partial charge < -0.3 is 31.4 Å². The molecule has 2 rings (SSSR count). The van der Waals surface area contributed by atoms with E-state index in [9.17, 15) is 0 Å². The van der Waals surface area contributed by atoms with Crippen LogP contribution in [0.3, 0.4) is 0 Å². The van der Waals surface area contributed by atoms with E-state index in [0.29, 0.717) is 0 Å². The Morgan fingerprint density at radius 1 is 0.667 bits per heavy atom. The van der Waals surface area contributed by atoms with Crippen molar-refractivity contribution in [3.8, 4) is 0 Å². The molecule has 3 heteroatoms. The quantitative estimate of drug-likeness (QED) is 0.468. The van der Waals surface area contributed by atoms with E-state index in [0.717, 1.165) is 0 Å². The van der Waals surface area contributed by atoms with Gasteiger partial charge in [-0.15, -0.1) is 0 Å². The van der Waals surface area contributed by atoms with Crippen LogP contribution in [0.5, 0.6) is 0 Å². The average molecular weight is 319 g/mol. The van der Waals surface area contributed by atoms with Crippen LogP contribution in [0.2, 0.25) is 0 Å². The molecule has 2 aromatic rings. The van der Waals surface area contributed by atoms with Crippen molar-refractivity contribution in [2.24, 2.45) is 0 Å². The monoisotopic (exact) mass is 317 g/mol. The summed E-state index contributed by atoms with van der Waals surface area (Å²) in [6.45, 7) is 7.00. The van der Waals surface area contributed by atoms with Crippen LogP contribution in [0.15, 0.2) is 67.2 Å².